The normalized spacial score (nSPS) is 20.2. The summed E-state index contributed by atoms with van der Waals surface area (Å²) in [5, 5.41) is 14.4. The molecule has 1 unspecified atom stereocenters. The lowest BCUT2D eigenvalue weighted by Crippen LogP contribution is -2.38. The molecular weight excluding hydrogens is 278 g/mol. The summed E-state index contributed by atoms with van der Waals surface area (Å²) in [6.07, 6.45) is 2.51. The smallest absolute Gasteiger partial charge is 0.307 e. The van der Waals surface area contributed by atoms with Crippen LogP contribution in [-0.2, 0) is 24.3 Å². The predicted octanol–water partition coefficient (Wildman–Crippen LogP) is 2.42. The largest absolute Gasteiger partial charge is 0.481 e. The van der Waals surface area contributed by atoms with E-state index in [9.17, 15) is 4.79 Å². The number of hydrogen-bond donors (Lipinski definition) is 1. The zero-order chi connectivity index (χ0) is 14.7. The molecule has 1 aromatic heterocycles. The molecule has 1 aliphatic heterocycles. The van der Waals surface area contributed by atoms with E-state index in [2.05, 4.69) is 10.00 Å². The Bertz CT molecular complexity index is 487. The van der Waals surface area contributed by atoms with E-state index in [-0.39, 0.29) is 5.92 Å². The standard InChI is InChI=1S/C14H22ClN3O2/c1-3-11-13(15)12(18(4-2)16-11)9-17-7-5-6-10(8-17)14(19)20/h10H,3-9H2,1-2H3,(H,19,20). The first-order chi connectivity index (χ1) is 9.56. The van der Waals surface area contributed by atoms with E-state index in [1.807, 2.05) is 18.5 Å². The van der Waals surface area contributed by atoms with Crippen molar-refractivity contribution in [3.8, 4) is 0 Å². The number of nitrogens with zero attached hydrogens (tertiary/aromatic N) is 3. The van der Waals surface area contributed by atoms with Crippen LogP contribution < -0.4 is 0 Å². The van der Waals surface area contributed by atoms with Crippen molar-refractivity contribution in [1.29, 1.82) is 0 Å². The lowest BCUT2D eigenvalue weighted by molar-refractivity contribution is -0.143. The van der Waals surface area contributed by atoms with Crippen LogP contribution in [0.4, 0.5) is 0 Å². The number of carboxylic acid groups (broad SMARTS) is 1. The fourth-order valence-corrected chi connectivity index (χ4v) is 3.11. The van der Waals surface area contributed by atoms with Gasteiger partial charge in [-0.15, -0.1) is 0 Å². The Morgan fingerprint density at radius 2 is 2.25 bits per heavy atom. The van der Waals surface area contributed by atoms with Crippen LogP contribution in [0.15, 0.2) is 0 Å². The SMILES string of the molecule is CCc1nn(CC)c(CN2CCCC(C(=O)O)C2)c1Cl. The first kappa shape index (κ1) is 15.3. The van der Waals surface area contributed by atoms with Crippen LogP contribution >= 0.6 is 11.6 Å². The lowest BCUT2D eigenvalue weighted by Gasteiger charge is -2.30. The van der Waals surface area contributed by atoms with Gasteiger partial charge in [0.25, 0.3) is 0 Å². The summed E-state index contributed by atoms with van der Waals surface area (Å²) in [5.74, 6) is -0.954. The molecule has 0 spiro atoms. The second-order valence-electron chi connectivity index (χ2n) is 5.29. The Morgan fingerprint density at radius 3 is 2.85 bits per heavy atom. The van der Waals surface area contributed by atoms with Gasteiger partial charge in [-0.25, -0.2) is 0 Å². The summed E-state index contributed by atoms with van der Waals surface area (Å²) in [6.45, 7) is 7.08. The van der Waals surface area contributed by atoms with Gasteiger partial charge in [-0.1, -0.05) is 18.5 Å². The molecular formula is C14H22ClN3O2. The number of aliphatic carboxylic acids is 1. The highest BCUT2D eigenvalue weighted by atomic mass is 35.5. The van der Waals surface area contributed by atoms with E-state index >= 15 is 0 Å². The van der Waals surface area contributed by atoms with Crippen LogP contribution in [0.3, 0.4) is 0 Å². The molecule has 1 aromatic rings. The zero-order valence-corrected chi connectivity index (χ0v) is 12.9. The number of halogens is 1. The molecule has 0 bridgehead atoms. The molecule has 0 aliphatic carbocycles. The van der Waals surface area contributed by atoms with Gasteiger partial charge in [0, 0.05) is 19.6 Å². The molecule has 2 heterocycles. The molecule has 0 saturated carbocycles. The average Bonchev–Trinajstić information content (AvgIpc) is 2.75. The van der Waals surface area contributed by atoms with Crippen LogP contribution in [0.1, 0.15) is 38.1 Å². The Balaban J connectivity index is 2.13. The number of carbonyl (C=O) groups is 1. The van der Waals surface area contributed by atoms with E-state index in [0.29, 0.717) is 13.1 Å². The Labute approximate surface area is 124 Å². The molecule has 1 N–H and O–H groups in total. The quantitative estimate of drug-likeness (QED) is 0.907. The highest BCUT2D eigenvalue weighted by Gasteiger charge is 2.27. The monoisotopic (exact) mass is 299 g/mol. The molecule has 112 valence electrons. The van der Waals surface area contributed by atoms with Gasteiger partial charge in [0.2, 0.25) is 0 Å². The maximum absolute atomic E-state index is 11.1. The Hall–Kier alpha value is -1.07. The van der Waals surface area contributed by atoms with Gasteiger partial charge in [-0.2, -0.15) is 5.10 Å². The molecule has 0 radical (unpaired) electrons. The summed E-state index contributed by atoms with van der Waals surface area (Å²) in [4.78, 5) is 13.3. The minimum absolute atomic E-state index is 0.258. The van der Waals surface area contributed by atoms with Crippen molar-refractivity contribution in [3.05, 3.63) is 16.4 Å². The fraction of sp³-hybridized carbons (Fsp3) is 0.714. The topological polar surface area (TPSA) is 58.4 Å². The number of aromatic nitrogens is 2. The number of carboxylic acids is 1. The third-order valence-electron chi connectivity index (χ3n) is 3.92. The maximum atomic E-state index is 11.1. The van der Waals surface area contributed by atoms with E-state index in [4.69, 9.17) is 16.7 Å². The van der Waals surface area contributed by atoms with E-state index in [1.54, 1.807) is 0 Å². The van der Waals surface area contributed by atoms with E-state index in [0.717, 1.165) is 48.8 Å². The van der Waals surface area contributed by atoms with Crippen LogP contribution in [0, 0.1) is 5.92 Å². The van der Waals surface area contributed by atoms with Gasteiger partial charge in [0.15, 0.2) is 0 Å². The van der Waals surface area contributed by atoms with Gasteiger partial charge in [-0.05, 0) is 32.7 Å². The van der Waals surface area contributed by atoms with Crippen molar-refractivity contribution in [3.63, 3.8) is 0 Å². The van der Waals surface area contributed by atoms with Crippen molar-refractivity contribution in [2.75, 3.05) is 13.1 Å². The minimum atomic E-state index is -0.695. The molecule has 1 aliphatic rings. The van der Waals surface area contributed by atoms with Gasteiger partial charge >= 0.3 is 5.97 Å². The van der Waals surface area contributed by atoms with E-state index < -0.39 is 5.97 Å². The van der Waals surface area contributed by atoms with E-state index in [1.165, 1.54) is 0 Å². The number of piperidine rings is 1. The summed E-state index contributed by atoms with van der Waals surface area (Å²) in [7, 11) is 0. The van der Waals surface area contributed by atoms with Crippen LogP contribution in [0.5, 0.6) is 0 Å². The highest BCUT2D eigenvalue weighted by molar-refractivity contribution is 6.31. The second kappa shape index (κ2) is 6.59. The molecule has 20 heavy (non-hydrogen) atoms. The summed E-state index contributed by atoms with van der Waals surface area (Å²) in [6, 6.07) is 0. The fourth-order valence-electron chi connectivity index (χ4n) is 2.78. The average molecular weight is 300 g/mol. The molecule has 0 aromatic carbocycles. The van der Waals surface area contributed by atoms with Crippen LogP contribution in [-0.4, -0.2) is 38.8 Å². The molecule has 6 heteroatoms. The molecule has 1 fully saturated rings. The van der Waals surface area contributed by atoms with Crippen LogP contribution in [0.2, 0.25) is 5.02 Å². The third kappa shape index (κ3) is 3.15. The second-order valence-corrected chi connectivity index (χ2v) is 5.67. The van der Waals surface area contributed by atoms with Crippen molar-refractivity contribution in [2.24, 2.45) is 5.92 Å². The molecule has 2 rings (SSSR count). The van der Waals surface area contributed by atoms with Crippen LogP contribution in [0.25, 0.3) is 0 Å². The zero-order valence-electron chi connectivity index (χ0n) is 12.1. The molecule has 0 amide bonds. The lowest BCUT2D eigenvalue weighted by atomic mass is 9.98. The van der Waals surface area contributed by atoms with Gasteiger partial charge in [0.05, 0.1) is 22.3 Å². The Kier molecular flexibility index (Phi) is 5.05. The first-order valence-electron chi connectivity index (χ1n) is 7.26. The molecule has 1 atom stereocenters. The Morgan fingerprint density at radius 1 is 1.50 bits per heavy atom. The summed E-state index contributed by atoms with van der Waals surface area (Å²) >= 11 is 6.40. The van der Waals surface area contributed by atoms with Crippen molar-refractivity contribution < 1.29 is 9.90 Å². The number of rotatable bonds is 5. The molecule has 5 nitrogen and oxygen atoms in total. The first-order valence-corrected chi connectivity index (χ1v) is 7.63. The highest BCUT2D eigenvalue weighted by Crippen LogP contribution is 2.25. The number of aryl methyl sites for hydroxylation is 2. The van der Waals surface area contributed by atoms with Crippen molar-refractivity contribution >= 4 is 17.6 Å². The van der Waals surface area contributed by atoms with Crippen molar-refractivity contribution in [2.45, 2.75) is 46.2 Å². The third-order valence-corrected chi connectivity index (χ3v) is 4.36. The summed E-state index contributed by atoms with van der Waals surface area (Å²) in [5.41, 5.74) is 1.94. The summed E-state index contributed by atoms with van der Waals surface area (Å²) < 4.78 is 1.94. The number of likely N-dealkylation sites (tertiary alicyclic amines) is 1. The maximum Gasteiger partial charge on any atom is 0.307 e. The molecule has 1 saturated heterocycles. The van der Waals surface area contributed by atoms with Crippen molar-refractivity contribution in [1.82, 2.24) is 14.7 Å². The van der Waals surface area contributed by atoms with Gasteiger partial charge in [-0.3, -0.25) is 14.4 Å². The minimum Gasteiger partial charge on any atom is -0.481 e. The predicted molar refractivity (Wildman–Crippen MR) is 77.9 cm³/mol. The van der Waals surface area contributed by atoms with Gasteiger partial charge in [0.1, 0.15) is 0 Å². The van der Waals surface area contributed by atoms with Gasteiger partial charge < -0.3 is 5.11 Å². The number of hydrogen-bond acceptors (Lipinski definition) is 3.